The number of amides is 3. The number of cyclic esters (lactones) is 1. The van der Waals surface area contributed by atoms with Crippen LogP contribution in [0, 0.1) is 6.92 Å². The van der Waals surface area contributed by atoms with Crippen molar-refractivity contribution in [3.63, 3.8) is 0 Å². The minimum absolute atomic E-state index is 0.00422. The van der Waals surface area contributed by atoms with E-state index in [-0.39, 0.29) is 19.1 Å². The topological polar surface area (TPSA) is 93.5 Å². The highest BCUT2D eigenvalue weighted by Gasteiger charge is 2.34. The highest BCUT2D eigenvalue weighted by molar-refractivity contribution is 5.98. The summed E-state index contributed by atoms with van der Waals surface area (Å²) >= 11 is 0. The fourth-order valence-electron chi connectivity index (χ4n) is 2.72. The van der Waals surface area contributed by atoms with Crippen LogP contribution in [0.5, 0.6) is 0 Å². The molecular formula is C17H18N4O4. The predicted octanol–water partition coefficient (Wildman–Crippen LogP) is 1.18. The Morgan fingerprint density at radius 3 is 2.60 bits per heavy atom. The average Bonchev–Trinajstić information content (AvgIpc) is 3.10. The Hall–Kier alpha value is -3.16. The van der Waals surface area contributed by atoms with Gasteiger partial charge in [0.05, 0.1) is 18.3 Å². The van der Waals surface area contributed by atoms with Gasteiger partial charge in [0, 0.05) is 7.05 Å². The number of nitrogens with zero attached hydrogens (tertiary/aromatic N) is 3. The number of benzene rings is 1. The minimum atomic E-state index is -0.698. The molecule has 1 aromatic carbocycles. The van der Waals surface area contributed by atoms with Gasteiger partial charge in [-0.25, -0.2) is 9.69 Å². The molecular weight excluding hydrogens is 324 g/mol. The Balaban J connectivity index is 1.84. The summed E-state index contributed by atoms with van der Waals surface area (Å²) in [6, 6.07) is 10.3. The second kappa shape index (κ2) is 6.76. The first-order valence-corrected chi connectivity index (χ1v) is 7.79. The van der Waals surface area contributed by atoms with Crippen LogP contribution in [0.1, 0.15) is 27.8 Å². The van der Waals surface area contributed by atoms with Crippen molar-refractivity contribution in [1.82, 2.24) is 20.0 Å². The molecule has 0 spiro atoms. The van der Waals surface area contributed by atoms with Gasteiger partial charge in [-0.15, -0.1) is 0 Å². The molecule has 1 aliphatic rings. The first-order chi connectivity index (χ1) is 12.0. The predicted molar refractivity (Wildman–Crippen MR) is 87.7 cm³/mol. The van der Waals surface area contributed by atoms with Crippen LogP contribution in [0.2, 0.25) is 0 Å². The Kier molecular flexibility index (Phi) is 4.51. The third kappa shape index (κ3) is 3.52. The van der Waals surface area contributed by atoms with Crippen LogP contribution in [0.15, 0.2) is 36.4 Å². The molecule has 1 N–H and O–H groups in total. The lowest BCUT2D eigenvalue weighted by Crippen LogP contribution is -2.40. The van der Waals surface area contributed by atoms with Gasteiger partial charge in [-0.3, -0.25) is 14.3 Å². The Morgan fingerprint density at radius 2 is 2.04 bits per heavy atom. The van der Waals surface area contributed by atoms with E-state index < -0.39 is 18.0 Å². The van der Waals surface area contributed by atoms with Crippen LogP contribution in [0.25, 0.3) is 0 Å². The zero-order chi connectivity index (χ0) is 18.0. The summed E-state index contributed by atoms with van der Waals surface area (Å²) < 4.78 is 6.23. The third-order valence-corrected chi connectivity index (χ3v) is 3.95. The van der Waals surface area contributed by atoms with Gasteiger partial charge < -0.3 is 10.1 Å². The molecule has 0 aliphatic carbocycles. The summed E-state index contributed by atoms with van der Waals surface area (Å²) in [6.07, 6.45) is -0.698. The van der Waals surface area contributed by atoms with Crippen molar-refractivity contribution >= 4 is 17.9 Å². The van der Waals surface area contributed by atoms with Gasteiger partial charge in [-0.1, -0.05) is 30.3 Å². The van der Waals surface area contributed by atoms with Crippen LogP contribution in [0.4, 0.5) is 4.79 Å². The van der Waals surface area contributed by atoms with Crippen LogP contribution in [-0.4, -0.2) is 45.7 Å². The van der Waals surface area contributed by atoms with E-state index in [9.17, 15) is 14.4 Å². The van der Waals surface area contributed by atoms with Crippen molar-refractivity contribution in [2.75, 3.05) is 13.2 Å². The molecule has 1 aromatic heterocycles. The lowest BCUT2D eigenvalue weighted by atomic mass is 10.1. The number of aryl methyl sites for hydroxylation is 2. The molecule has 1 unspecified atom stereocenters. The summed E-state index contributed by atoms with van der Waals surface area (Å²) in [5.41, 5.74) is 1.90. The Morgan fingerprint density at radius 1 is 1.32 bits per heavy atom. The van der Waals surface area contributed by atoms with Crippen molar-refractivity contribution < 1.29 is 19.1 Å². The van der Waals surface area contributed by atoms with Gasteiger partial charge >= 0.3 is 6.09 Å². The number of ether oxygens (including phenoxy) is 1. The van der Waals surface area contributed by atoms with Gasteiger partial charge in [0.1, 0.15) is 5.69 Å². The Bertz CT molecular complexity index is 799. The van der Waals surface area contributed by atoms with E-state index in [1.807, 2.05) is 30.3 Å². The molecule has 1 saturated heterocycles. The highest BCUT2D eigenvalue weighted by Crippen LogP contribution is 2.18. The molecule has 1 fully saturated rings. The van der Waals surface area contributed by atoms with E-state index in [1.54, 1.807) is 20.0 Å². The zero-order valence-electron chi connectivity index (χ0n) is 13.9. The fourth-order valence-corrected chi connectivity index (χ4v) is 2.72. The van der Waals surface area contributed by atoms with Crippen LogP contribution in [-0.2, 0) is 16.6 Å². The molecule has 0 radical (unpaired) electrons. The summed E-state index contributed by atoms with van der Waals surface area (Å²) in [6.45, 7) is 1.53. The maximum Gasteiger partial charge on any atom is 0.417 e. The number of imide groups is 1. The average molecular weight is 342 g/mol. The van der Waals surface area contributed by atoms with Gasteiger partial charge in [0.15, 0.2) is 6.61 Å². The molecule has 3 amide bonds. The number of hydrogen-bond acceptors (Lipinski definition) is 5. The summed E-state index contributed by atoms with van der Waals surface area (Å²) in [4.78, 5) is 37.2. The number of nitrogens with one attached hydrogen (secondary N) is 1. The minimum Gasteiger partial charge on any atom is -0.439 e. The SMILES string of the molecule is Cc1cc(C(=O)NC(CN2C(=O)COC2=O)c2ccccc2)n(C)n1. The quantitative estimate of drug-likeness (QED) is 0.880. The molecule has 8 nitrogen and oxygen atoms in total. The number of rotatable bonds is 5. The number of hydrogen-bond donors (Lipinski definition) is 1. The first kappa shape index (κ1) is 16.7. The standard InChI is InChI=1S/C17H18N4O4/c1-11-8-14(20(2)19-11)16(23)18-13(12-6-4-3-5-7-12)9-21-15(22)10-25-17(21)24/h3-8,13H,9-10H2,1-2H3,(H,18,23). The lowest BCUT2D eigenvalue weighted by molar-refractivity contribution is -0.126. The molecule has 130 valence electrons. The van der Waals surface area contributed by atoms with E-state index >= 15 is 0 Å². The van der Waals surface area contributed by atoms with Crippen molar-refractivity contribution in [2.45, 2.75) is 13.0 Å². The third-order valence-electron chi connectivity index (χ3n) is 3.95. The van der Waals surface area contributed by atoms with Crippen LogP contribution < -0.4 is 5.32 Å². The summed E-state index contributed by atoms with van der Waals surface area (Å²) in [5, 5.41) is 7.03. The number of carbonyl (C=O) groups excluding carboxylic acids is 3. The molecule has 25 heavy (non-hydrogen) atoms. The summed E-state index contributed by atoms with van der Waals surface area (Å²) in [5.74, 6) is -0.756. The first-order valence-electron chi connectivity index (χ1n) is 7.79. The molecule has 3 rings (SSSR count). The molecule has 1 atom stereocenters. The van der Waals surface area contributed by atoms with Crippen LogP contribution in [0.3, 0.4) is 0 Å². The van der Waals surface area contributed by atoms with Gasteiger partial charge in [-0.05, 0) is 18.6 Å². The number of carbonyl (C=O) groups is 3. The monoisotopic (exact) mass is 342 g/mol. The van der Waals surface area contributed by atoms with Gasteiger partial charge in [-0.2, -0.15) is 5.10 Å². The van der Waals surface area contributed by atoms with Gasteiger partial charge in [0.25, 0.3) is 11.8 Å². The molecule has 0 saturated carbocycles. The maximum absolute atomic E-state index is 12.6. The van der Waals surface area contributed by atoms with E-state index in [0.29, 0.717) is 5.69 Å². The lowest BCUT2D eigenvalue weighted by Gasteiger charge is -2.22. The van der Waals surface area contributed by atoms with Crippen LogP contribution >= 0.6 is 0 Å². The van der Waals surface area contributed by atoms with E-state index in [4.69, 9.17) is 4.74 Å². The molecule has 1 aliphatic heterocycles. The smallest absolute Gasteiger partial charge is 0.417 e. The van der Waals surface area contributed by atoms with E-state index in [1.165, 1.54) is 4.68 Å². The van der Waals surface area contributed by atoms with Crippen molar-refractivity contribution in [3.8, 4) is 0 Å². The molecule has 0 bridgehead atoms. The second-order valence-corrected chi connectivity index (χ2v) is 5.79. The fraction of sp³-hybridized carbons (Fsp3) is 0.294. The van der Waals surface area contributed by atoms with Crippen molar-refractivity contribution in [3.05, 3.63) is 53.3 Å². The highest BCUT2D eigenvalue weighted by atomic mass is 16.6. The maximum atomic E-state index is 12.6. The molecule has 2 heterocycles. The zero-order valence-corrected chi connectivity index (χ0v) is 13.9. The summed E-state index contributed by atoms with van der Waals surface area (Å²) in [7, 11) is 1.68. The second-order valence-electron chi connectivity index (χ2n) is 5.79. The normalized spacial score (nSPS) is 15.2. The number of aromatic nitrogens is 2. The largest absolute Gasteiger partial charge is 0.439 e. The van der Waals surface area contributed by atoms with Gasteiger partial charge in [0.2, 0.25) is 0 Å². The van der Waals surface area contributed by atoms with Crippen molar-refractivity contribution in [1.29, 1.82) is 0 Å². The van der Waals surface area contributed by atoms with E-state index in [2.05, 4.69) is 10.4 Å². The van der Waals surface area contributed by atoms with Crippen molar-refractivity contribution in [2.24, 2.45) is 7.05 Å². The van der Waals surface area contributed by atoms with E-state index in [0.717, 1.165) is 16.2 Å². The Labute approximate surface area is 144 Å². The molecule has 2 aromatic rings. The molecule has 8 heteroatoms.